The minimum atomic E-state index is 1.05. The maximum Gasteiger partial charge on any atom is 0.0361 e. The molecule has 19 heavy (non-hydrogen) atoms. The van der Waals surface area contributed by atoms with Crippen molar-refractivity contribution in [1.29, 1.82) is 0 Å². The lowest BCUT2D eigenvalue weighted by molar-refractivity contribution is 0.153. The first kappa shape index (κ1) is 13.9. The summed E-state index contributed by atoms with van der Waals surface area (Å²) >= 11 is 0. The maximum absolute atomic E-state index is 4.02. The average Bonchev–Trinajstić information content (AvgIpc) is 2.40. The highest BCUT2D eigenvalue weighted by atomic mass is 15.3. The predicted molar refractivity (Wildman–Crippen MR) is 82.4 cm³/mol. The van der Waals surface area contributed by atoms with Crippen molar-refractivity contribution in [1.82, 2.24) is 9.80 Å². The van der Waals surface area contributed by atoms with E-state index >= 15 is 0 Å². The summed E-state index contributed by atoms with van der Waals surface area (Å²) < 4.78 is 0. The molecule has 0 bridgehead atoms. The molecule has 0 unspecified atom stereocenters. The standard InChI is InChI=1S/C16H25N3/c1-14(2)19-11-9-18(10-12-19)13-15-5-7-16(8-6-15)17(3)4/h5-8H,1,9-13H2,2-4H3. The Morgan fingerprint density at radius 2 is 1.68 bits per heavy atom. The SMILES string of the molecule is C=C(C)N1CCN(Cc2ccc(N(C)C)cc2)CC1. The molecule has 1 aliphatic heterocycles. The van der Waals surface area contributed by atoms with Crippen molar-refractivity contribution < 1.29 is 0 Å². The molecule has 0 atom stereocenters. The fraction of sp³-hybridized carbons (Fsp3) is 0.500. The predicted octanol–water partition coefficient (Wildman–Crippen LogP) is 2.40. The molecule has 0 spiro atoms. The number of nitrogens with zero attached hydrogens (tertiary/aromatic N) is 3. The first-order valence-electron chi connectivity index (χ1n) is 6.95. The molecule has 3 heteroatoms. The average molecular weight is 259 g/mol. The van der Waals surface area contributed by atoms with Crippen LogP contribution in [0.4, 0.5) is 5.69 Å². The fourth-order valence-corrected chi connectivity index (χ4v) is 2.45. The molecular formula is C16H25N3. The highest BCUT2D eigenvalue weighted by Crippen LogP contribution is 2.15. The van der Waals surface area contributed by atoms with Crippen LogP contribution in [0.5, 0.6) is 0 Å². The van der Waals surface area contributed by atoms with Gasteiger partial charge in [-0.25, -0.2) is 0 Å². The van der Waals surface area contributed by atoms with Gasteiger partial charge in [-0.2, -0.15) is 0 Å². The summed E-state index contributed by atoms with van der Waals surface area (Å²) in [5.41, 5.74) is 3.85. The molecule has 1 aliphatic rings. The van der Waals surface area contributed by atoms with Crippen LogP contribution in [-0.4, -0.2) is 50.1 Å². The van der Waals surface area contributed by atoms with Crippen LogP contribution in [0.1, 0.15) is 12.5 Å². The number of hydrogen-bond acceptors (Lipinski definition) is 3. The number of benzene rings is 1. The van der Waals surface area contributed by atoms with E-state index < -0.39 is 0 Å². The van der Waals surface area contributed by atoms with Crippen molar-refractivity contribution in [2.75, 3.05) is 45.2 Å². The summed E-state index contributed by atoms with van der Waals surface area (Å²) in [6.45, 7) is 11.6. The van der Waals surface area contributed by atoms with Gasteiger partial charge in [0.25, 0.3) is 0 Å². The molecule has 0 aliphatic carbocycles. The van der Waals surface area contributed by atoms with Crippen LogP contribution >= 0.6 is 0 Å². The van der Waals surface area contributed by atoms with E-state index in [4.69, 9.17) is 0 Å². The van der Waals surface area contributed by atoms with Crippen LogP contribution in [0.25, 0.3) is 0 Å². The van der Waals surface area contributed by atoms with Gasteiger partial charge in [0.05, 0.1) is 0 Å². The Balaban J connectivity index is 1.87. The van der Waals surface area contributed by atoms with Gasteiger partial charge in [0.2, 0.25) is 0 Å². The first-order valence-corrected chi connectivity index (χ1v) is 6.95. The molecule has 3 nitrogen and oxygen atoms in total. The van der Waals surface area contributed by atoms with Gasteiger partial charge < -0.3 is 9.80 Å². The summed E-state index contributed by atoms with van der Waals surface area (Å²) in [4.78, 5) is 7.02. The molecule has 0 radical (unpaired) electrons. The smallest absolute Gasteiger partial charge is 0.0361 e. The lowest BCUT2D eigenvalue weighted by atomic mass is 10.1. The third-order valence-corrected chi connectivity index (χ3v) is 3.77. The summed E-state index contributed by atoms with van der Waals surface area (Å²) in [6, 6.07) is 8.86. The fourth-order valence-electron chi connectivity index (χ4n) is 2.45. The molecule has 1 fully saturated rings. The summed E-state index contributed by atoms with van der Waals surface area (Å²) in [6.07, 6.45) is 0. The minimum absolute atomic E-state index is 1.05. The van der Waals surface area contributed by atoms with E-state index in [1.54, 1.807) is 0 Å². The number of piperazine rings is 1. The monoisotopic (exact) mass is 259 g/mol. The third kappa shape index (κ3) is 3.74. The Kier molecular flexibility index (Phi) is 4.48. The number of allylic oxidation sites excluding steroid dienone is 1. The number of hydrogen-bond donors (Lipinski definition) is 0. The van der Waals surface area contributed by atoms with Crippen molar-refractivity contribution in [2.24, 2.45) is 0 Å². The minimum Gasteiger partial charge on any atom is -0.378 e. The van der Waals surface area contributed by atoms with Crippen LogP contribution in [0, 0.1) is 0 Å². The molecule has 1 heterocycles. The highest BCUT2D eigenvalue weighted by molar-refractivity contribution is 5.45. The number of rotatable bonds is 4. The summed E-state index contributed by atoms with van der Waals surface area (Å²) in [5, 5.41) is 0. The van der Waals surface area contributed by atoms with Gasteiger partial charge in [0, 0.05) is 58.2 Å². The van der Waals surface area contributed by atoms with Gasteiger partial charge in [-0.3, -0.25) is 4.90 Å². The van der Waals surface area contributed by atoms with Crippen LogP contribution in [0.3, 0.4) is 0 Å². The Labute approximate surface area is 117 Å². The van der Waals surface area contributed by atoms with Crippen molar-refractivity contribution in [3.8, 4) is 0 Å². The van der Waals surface area contributed by atoms with E-state index in [9.17, 15) is 0 Å². The van der Waals surface area contributed by atoms with Crippen LogP contribution in [0.15, 0.2) is 36.5 Å². The maximum atomic E-state index is 4.02. The molecule has 0 amide bonds. The van der Waals surface area contributed by atoms with Crippen molar-refractivity contribution in [3.63, 3.8) is 0 Å². The second kappa shape index (κ2) is 6.11. The van der Waals surface area contributed by atoms with Crippen molar-refractivity contribution >= 4 is 5.69 Å². The zero-order chi connectivity index (χ0) is 13.8. The van der Waals surface area contributed by atoms with Crippen molar-refractivity contribution in [3.05, 3.63) is 42.1 Å². The van der Waals surface area contributed by atoms with Gasteiger partial charge in [-0.05, 0) is 24.6 Å². The van der Waals surface area contributed by atoms with Gasteiger partial charge in [-0.1, -0.05) is 18.7 Å². The Morgan fingerprint density at radius 1 is 1.11 bits per heavy atom. The summed E-state index contributed by atoms with van der Waals surface area (Å²) in [7, 11) is 4.15. The van der Waals surface area contributed by atoms with Crippen LogP contribution < -0.4 is 4.90 Å². The number of anilines is 1. The van der Waals surface area contributed by atoms with Gasteiger partial charge in [0.1, 0.15) is 0 Å². The van der Waals surface area contributed by atoms with E-state index in [0.717, 1.165) is 32.7 Å². The second-order valence-electron chi connectivity index (χ2n) is 5.56. The highest BCUT2D eigenvalue weighted by Gasteiger charge is 2.16. The molecule has 0 saturated carbocycles. The Morgan fingerprint density at radius 3 is 2.16 bits per heavy atom. The first-order chi connectivity index (χ1) is 9.06. The molecule has 1 aromatic rings. The molecule has 104 valence electrons. The molecule has 1 aromatic carbocycles. The normalized spacial score (nSPS) is 16.5. The lowest BCUT2D eigenvalue weighted by Crippen LogP contribution is -2.44. The molecule has 1 saturated heterocycles. The van der Waals surface area contributed by atoms with Gasteiger partial charge in [-0.15, -0.1) is 0 Å². The zero-order valence-electron chi connectivity index (χ0n) is 12.4. The third-order valence-electron chi connectivity index (χ3n) is 3.77. The topological polar surface area (TPSA) is 9.72 Å². The molecule has 0 N–H and O–H groups in total. The largest absolute Gasteiger partial charge is 0.378 e. The van der Waals surface area contributed by atoms with Gasteiger partial charge >= 0.3 is 0 Å². The van der Waals surface area contributed by atoms with Crippen molar-refractivity contribution in [2.45, 2.75) is 13.5 Å². The Hall–Kier alpha value is -1.48. The van der Waals surface area contributed by atoms with E-state index in [0.29, 0.717) is 0 Å². The Bertz CT molecular complexity index is 414. The van der Waals surface area contributed by atoms with Crippen LogP contribution in [0.2, 0.25) is 0 Å². The molecule has 2 rings (SSSR count). The van der Waals surface area contributed by atoms with E-state index in [1.165, 1.54) is 16.9 Å². The summed E-state index contributed by atoms with van der Waals surface area (Å²) in [5.74, 6) is 0. The van der Waals surface area contributed by atoms with E-state index in [2.05, 4.69) is 66.6 Å². The lowest BCUT2D eigenvalue weighted by Gasteiger charge is -2.36. The molecule has 0 aromatic heterocycles. The molecular weight excluding hydrogens is 234 g/mol. The van der Waals surface area contributed by atoms with E-state index in [-0.39, 0.29) is 0 Å². The second-order valence-corrected chi connectivity index (χ2v) is 5.56. The van der Waals surface area contributed by atoms with E-state index in [1.807, 2.05) is 0 Å². The quantitative estimate of drug-likeness (QED) is 0.822. The van der Waals surface area contributed by atoms with Gasteiger partial charge in [0.15, 0.2) is 0 Å². The van der Waals surface area contributed by atoms with Crippen LogP contribution in [-0.2, 0) is 6.54 Å². The zero-order valence-corrected chi connectivity index (χ0v) is 12.4.